The van der Waals surface area contributed by atoms with E-state index in [0.717, 1.165) is 5.56 Å². The lowest BCUT2D eigenvalue weighted by atomic mass is 9.85. The van der Waals surface area contributed by atoms with E-state index in [-0.39, 0.29) is 11.8 Å². The lowest BCUT2D eigenvalue weighted by Crippen LogP contribution is -2.68. The number of hydrogen-bond donors (Lipinski definition) is 2. The minimum absolute atomic E-state index is 0.107. The quantitative estimate of drug-likeness (QED) is 0.773. The smallest absolute Gasteiger partial charge is 0.248 e. The van der Waals surface area contributed by atoms with Crippen LogP contribution in [0, 0.1) is 0 Å². The van der Waals surface area contributed by atoms with Gasteiger partial charge in [-0.15, -0.1) is 0 Å². The molecule has 0 unspecified atom stereocenters. The molecule has 2 saturated heterocycles. The summed E-state index contributed by atoms with van der Waals surface area (Å²) in [6.07, 6.45) is 1.07. The van der Waals surface area contributed by atoms with Crippen LogP contribution in [0.4, 0.5) is 0 Å². The zero-order chi connectivity index (χ0) is 13.3. The summed E-state index contributed by atoms with van der Waals surface area (Å²) in [5.74, 6) is -0.253. The first-order valence-corrected chi connectivity index (χ1v) is 6.47. The number of ether oxygens (including phenoxy) is 1. The standard InChI is InChI=1S/C14H16N2O3/c17-12-11(10-4-2-1-3-5-10)15-13(18)14(16-12)6-8-19-9-7-14/h1-5,11H,6-9H2,(H,15,18)(H,16,17)/t11-/m0/s1. The Bertz CT molecular complexity index is 495. The largest absolute Gasteiger partial charge is 0.381 e. The van der Waals surface area contributed by atoms with E-state index in [2.05, 4.69) is 10.6 Å². The number of hydrogen-bond acceptors (Lipinski definition) is 3. The third-order valence-electron chi connectivity index (χ3n) is 3.81. The van der Waals surface area contributed by atoms with E-state index in [1.807, 2.05) is 30.3 Å². The lowest BCUT2D eigenvalue weighted by molar-refractivity contribution is -0.145. The Morgan fingerprint density at radius 1 is 1.11 bits per heavy atom. The monoisotopic (exact) mass is 260 g/mol. The molecule has 2 N–H and O–H groups in total. The molecule has 0 bridgehead atoms. The number of benzene rings is 1. The van der Waals surface area contributed by atoms with Crippen LogP contribution in [0.1, 0.15) is 24.4 Å². The van der Waals surface area contributed by atoms with Crippen molar-refractivity contribution >= 4 is 11.8 Å². The second kappa shape index (κ2) is 4.66. The molecular formula is C14H16N2O3. The summed E-state index contributed by atoms with van der Waals surface area (Å²) in [6, 6.07) is 8.67. The van der Waals surface area contributed by atoms with Crippen molar-refractivity contribution in [2.45, 2.75) is 24.4 Å². The van der Waals surface area contributed by atoms with Crippen LogP contribution >= 0.6 is 0 Å². The number of rotatable bonds is 1. The minimum Gasteiger partial charge on any atom is -0.381 e. The van der Waals surface area contributed by atoms with Crippen molar-refractivity contribution in [2.24, 2.45) is 0 Å². The van der Waals surface area contributed by atoms with E-state index in [9.17, 15) is 9.59 Å². The highest BCUT2D eigenvalue weighted by molar-refractivity contribution is 6.00. The molecule has 0 aliphatic carbocycles. The highest BCUT2D eigenvalue weighted by Gasteiger charge is 2.47. The number of carbonyl (C=O) groups is 2. The second-order valence-electron chi connectivity index (χ2n) is 5.00. The van der Waals surface area contributed by atoms with Gasteiger partial charge < -0.3 is 15.4 Å². The first-order chi connectivity index (χ1) is 9.21. The van der Waals surface area contributed by atoms with Crippen LogP contribution in [-0.2, 0) is 14.3 Å². The maximum Gasteiger partial charge on any atom is 0.248 e. The van der Waals surface area contributed by atoms with Crippen molar-refractivity contribution in [1.82, 2.24) is 10.6 Å². The van der Waals surface area contributed by atoms with Gasteiger partial charge in [0.05, 0.1) is 0 Å². The van der Waals surface area contributed by atoms with E-state index in [4.69, 9.17) is 4.74 Å². The number of nitrogens with one attached hydrogen (secondary N) is 2. The number of piperazine rings is 1. The summed E-state index contributed by atoms with van der Waals surface area (Å²) in [5.41, 5.74) is 0.0240. The van der Waals surface area contributed by atoms with Crippen LogP contribution in [0.3, 0.4) is 0 Å². The molecule has 2 fully saturated rings. The molecule has 2 amide bonds. The minimum atomic E-state index is -0.777. The van der Waals surface area contributed by atoms with Gasteiger partial charge in [0.2, 0.25) is 11.8 Å². The molecule has 5 nitrogen and oxygen atoms in total. The molecule has 2 aliphatic heterocycles. The van der Waals surface area contributed by atoms with Gasteiger partial charge >= 0.3 is 0 Å². The van der Waals surface area contributed by atoms with Crippen molar-refractivity contribution in [1.29, 1.82) is 0 Å². The molecular weight excluding hydrogens is 244 g/mol. The zero-order valence-electron chi connectivity index (χ0n) is 10.5. The normalized spacial score (nSPS) is 25.8. The third kappa shape index (κ3) is 2.10. The molecule has 100 valence electrons. The summed E-state index contributed by atoms with van der Waals surface area (Å²) >= 11 is 0. The van der Waals surface area contributed by atoms with Crippen molar-refractivity contribution in [3.8, 4) is 0 Å². The Hall–Kier alpha value is -1.88. The first kappa shape index (κ1) is 12.2. The Kier molecular flexibility index (Phi) is 2.98. The summed E-state index contributed by atoms with van der Waals surface area (Å²) in [5, 5.41) is 5.74. The van der Waals surface area contributed by atoms with Crippen LogP contribution in [0.5, 0.6) is 0 Å². The van der Waals surface area contributed by atoms with Gasteiger partial charge in [-0.05, 0) is 5.56 Å². The van der Waals surface area contributed by atoms with Crippen molar-refractivity contribution in [3.05, 3.63) is 35.9 Å². The zero-order valence-corrected chi connectivity index (χ0v) is 10.5. The molecule has 0 radical (unpaired) electrons. The Morgan fingerprint density at radius 3 is 2.47 bits per heavy atom. The molecule has 0 aromatic heterocycles. The van der Waals surface area contributed by atoms with Crippen LogP contribution < -0.4 is 10.6 Å². The van der Waals surface area contributed by atoms with E-state index < -0.39 is 11.6 Å². The van der Waals surface area contributed by atoms with Gasteiger partial charge in [0.1, 0.15) is 11.6 Å². The maximum absolute atomic E-state index is 12.3. The third-order valence-corrected chi connectivity index (χ3v) is 3.81. The molecule has 3 rings (SSSR count). The fourth-order valence-corrected chi connectivity index (χ4v) is 2.65. The number of amides is 2. The molecule has 0 saturated carbocycles. The molecule has 1 aromatic rings. The Balaban J connectivity index is 1.83. The Labute approximate surface area is 111 Å². The predicted molar refractivity (Wildman–Crippen MR) is 68.3 cm³/mol. The van der Waals surface area contributed by atoms with Gasteiger partial charge in [0.25, 0.3) is 0 Å². The number of carbonyl (C=O) groups excluding carboxylic acids is 2. The molecule has 19 heavy (non-hydrogen) atoms. The Morgan fingerprint density at radius 2 is 1.79 bits per heavy atom. The van der Waals surface area contributed by atoms with Crippen LogP contribution in [0.2, 0.25) is 0 Å². The van der Waals surface area contributed by atoms with Crippen LogP contribution in [-0.4, -0.2) is 30.6 Å². The second-order valence-corrected chi connectivity index (χ2v) is 5.00. The van der Waals surface area contributed by atoms with E-state index in [1.54, 1.807) is 0 Å². The van der Waals surface area contributed by atoms with Gasteiger partial charge in [-0.3, -0.25) is 9.59 Å². The van der Waals surface area contributed by atoms with Crippen molar-refractivity contribution in [2.75, 3.05) is 13.2 Å². The topological polar surface area (TPSA) is 67.4 Å². The molecule has 5 heteroatoms. The highest BCUT2D eigenvalue weighted by atomic mass is 16.5. The first-order valence-electron chi connectivity index (χ1n) is 6.47. The highest BCUT2D eigenvalue weighted by Crippen LogP contribution is 2.27. The van der Waals surface area contributed by atoms with E-state index >= 15 is 0 Å². The summed E-state index contributed by atoms with van der Waals surface area (Å²) in [4.78, 5) is 24.6. The van der Waals surface area contributed by atoms with Gasteiger partial charge in [0.15, 0.2) is 0 Å². The van der Waals surface area contributed by atoms with E-state index in [1.165, 1.54) is 0 Å². The average Bonchev–Trinajstić information content (AvgIpc) is 2.45. The van der Waals surface area contributed by atoms with Gasteiger partial charge in [-0.2, -0.15) is 0 Å². The van der Waals surface area contributed by atoms with E-state index in [0.29, 0.717) is 26.1 Å². The van der Waals surface area contributed by atoms with Crippen LogP contribution in [0.25, 0.3) is 0 Å². The fraction of sp³-hybridized carbons (Fsp3) is 0.429. The van der Waals surface area contributed by atoms with Gasteiger partial charge in [0, 0.05) is 26.1 Å². The molecule has 2 heterocycles. The van der Waals surface area contributed by atoms with Crippen molar-refractivity contribution < 1.29 is 14.3 Å². The predicted octanol–water partition coefficient (Wildman–Crippen LogP) is 0.523. The molecule has 1 aromatic carbocycles. The summed E-state index contributed by atoms with van der Waals surface area (Å²) in [6.45, 7) is 1.01. The lowest BCUT2D eigenvalue weighted by Gasteiger charge is -2.42. The van der Waals surface area contributed by atoms with Crippen molar-refractivity contribution in [3.63, 3.8) is 0 Å². The fourth-order valence-electron chi connectivity index (χ4n) is 2.65. The summed E-state index contributed by atoms with van der Waals surface area (Å²) in [7, 11) is 0. The maximum atomic E-state index is 12.3. The molecule has 1 spiro atoms. The van der Waals surface area contributed by atoms with Gasteiger partial charge in [-0.1, -0.05) is 30.3 Å². The summed E-state index contributed by atoms with van der Waals surface area (Å²) < 4.78 is 5.26. The van der Waals surface area contributed by atoms with Gasteiger partial charge in [-0.25, -0.2) is 0 Å². The average molecular weight is 260 g/mol. The SMILES string of the molecule is O=C1NC2(CCOCC2)C(=O)N[C@H]1c1ccccc1. The molecule has 2 aliphatic rings. The molecule has 1 atom stereocenters. The van der Waals surface area contributed by atoms with Crippen LogP contribution in [0.15, 0.2) is 30.3 Å².